The minimum absolute atomic E-state index is 0.117. The second kappa shape index (κ2) is 8.16. The molecular weight excluding hydrogens is 452 g/mol. The standard InChI is InChI=1S/C26H21BrN2O2/c27-22-9-11-23(12-10-22)29-25(30)16-21(26(29)31)15-19-6-3-4-8-24(19)28-14-13-18-5-1-2-7-20(18)17-28/h1-12,15H,13-14,16-17H2/b21-15+. The van der Waals surface area contributed by atoms with Gasteiger partial charge in [-0.3, -0.25) is 9.59 Å². The van der Waals surface area contributed by atoms with Crippen LogP contribution in [0.1, 0.15) is 23.1 Å². The number of fused-ring (bicyclic) bond motifs is 1. The molecule has 5 heteroatoms. The highest BCUT2D eigenvalue weighted by Crippen LogP contribution is 2.32. The van der Waals surface area contributed by atoms with Crippen LogP contribution in [-0.4, -0.2) is 18.4 Å². The van der Waals surface area contributed by atoms with Gasteiger partial charge in [0.1, 0.15) is 0 Å². The van der Waals surface area contributed by atoms with Crippen molar-refractivity contribution in [3.8, 4) is 0 Å². The highest BCUT2D eigenvalue weighted by Gasteiger charge is 2.35. The van der Waals surface area contributed by atoms with Crippen molar-refractivity contribution in [1.82, 2.24) is 0 Å². The van der Waals surface area contributed by atoms with Crippen molar-refractivity contribution >= 4 is 45.2 Å². The van der Waals surface area contributed by atoms with Gasteiger partial charge in [-0.25, -0.2) is 4.90 Å². The first-order valence-electron chi connectivity index (χ1n) is 10.3. The van der Waals surface area contributed by atoms with Crippen LogP contribution in [0.15, 0.2) is 82.8 Å². The predicted molar refractivity (Wildman–Crippen MR) is 127 cm³/mol. The number of amides is 2. The van der Waals surface area contributed by atoms with Crippen LogP contribution >= 0.6 is 15.9 Å². The number of anilines is 2. The fraction of sp³-hybridized carbons (Fsp3) is 0.154. The predicted octanol–water partition coefficient (Wildman–Crippen LogP) is 5.36. The Morgan fingerprint density at radius 3 is 2.35 bits per heavy atom. The topological polar surface area (TPSA) is 40.6 Å². The molecule has 2 amide bonds. The summed E-state index contributed by atoms with van der Waals surface area (Å²) in [6.07, 6.45) is 3.00. The second-order valence-corrected chi connectivity index (χ2v) is 8.77. The van der Waals surface area contributed by atoms with E-state index in [9.17, 15) is 9.59 Å². The molecule has 1 saturated heterocycles. The van der Waals surface area contributed by atoms with Gasteiger partial charge in [0.05, 0.1) is 12.1 Å². The normalized spacial score (nSPS) is 17.4. The first kappa shape index (κ1) is 19.8. The lowest BCUT2D eigenvalue weighted by Crippen LogP contribution is -2.30. The molecule has 2 heterocycles. The largest absolute Gasteiger partial charge is 0.366 e. The molecule has 0 spiro atoms. The Bertz CT molecular complexity index is 1200. The Balaban J connectivity index is 1.45. The van der Waals surface area contributed by atoms with Crippen molar-refractivity contribution in [2.75, 3.05) is 16.3 Å². The van der Waals surface area contributed by atoms with Crippen LogP contribution in [0, 0.1) is 0 Å². The van der Waals surface area contributed by atoms with Gasteiger partial charge < -0.3 is 4.90 Å². The van der Waals surface area contributed by atoms with Crippen LogP contribution in [0.2, 0.25) is 0 Å². The zero-order valence-electron chi connectivity index (χ0n) is 16.9. The maximum absolute atomic E-state index is 13.1. The van der Waals surface area contributed by atoms with Crippen LogP contribution in [-0.2, 0) is 22.6 Å². The summed E-state index contributed by atoms with van der Waals surface area (Å²) in [7, 11) is 0. The van der Waals surface area contributed by atoms with E-state index in [0.29, 0.717) is 11.3 Å². The van der Waals surface area contributed by atoms with Crippen LogP contribution in [0.5, 0.6) is 0 Å². The zero-order valence-corrected chi connectivity index (χ0v) is 18.5. The average molecular weight is 473 g/mol. The number of rotatable bonds is 3. The fourth-order valence-electron chi connectivity index (χ4n) is 4.33. The van der Waals surface area contributed by atoms with Gasteiger partial charge in [-0.05, 0) is 59.5 Å². The number of hydrogen-bond donors (Lipinski definition) is 0. The summed E-state index contributed by atoms with van der Waals surface area (Å²) in [5, 5.41) is 0. The van der Waals surface area contributed by atoms with Gasteiger partial charge in [0.25, 0.3) is 5.91 Å². The van der Waals surface area contributed by atoms with E-state index in [1.165, 1.54) is 16.0 Å². The lowest BCUT2D eigenvalue weighted by atomic mass is 9.98. The van der Waals surface area contributed by atoms with Gasteiger partial charge in [-0.15, -0.1) is 0 Å². The summed E-state index contributed by atoms with van der Waals surface area (Å²) in [5.74, 6) is -0.436. The van der Waals surface area contributed by atoms with E-state index < -0.39 is 0 Å². The molecule has 2 aliphatic heterocycles. The minimum Gasteiger partial charge on any atom is -0.366 e. The molecule has 0 bridgehead atoms. The van der Waals surface area contributed by atoms with E-state index in [1.807, 2.05) is 36.4 Å². The van der Waals surface area contributed by atoms with Crippen LogP contribution < -0.4 is 9.80 Å². The summed E-state index contributed by atoms with van der Waals surface area (Å²) in [5.41, 5.74) is 5.92. The molecule has 1 fully saturated rings. The molecule has 0 aliphatic carbocycles. The molecule has 154 valence electrons. The molecule has 0 atom stereocenters. The maximum Gasteiger partial charge on any atom is 0.261 e. The first-order valence-corrected chi connectivity index (χ1v) is 11.1. The number of para-hydroxylation sites is 1. The molecule has 0 saturated carbocycles. The number of benzene rings is 3. The van der Waals surface area contributed by atoms with E-state index in [0.717, 1.165) is 35.2 Å². The van der Waals surface area contributed by atoms with Gasteiger partial charge in [-0.2, -0.15) is 0 Å². The monoisotopic (exact) mass is 472 g/mol. The lowest BCUT2D eigenvalue weighted by Gasteiger charge is -2.32. The minimum atomic E-state index is -0.244. The van der Waals surface area contributed by atoms with E-state index in [2.05, 4.69) is 51.2 Å². The lowest BCUT2D eigenvalue weighted by molar-refractivity contribution is -0.120. The van der Waals surface area contributed by atoms with Crippen molar-refractivity contribution in [2.24, 2.45) is 0 Å². The molecule has 3 aromatic carbocycles. The molecule has 5 rings (SSSR count). The van der Waals surface area contributed by atoms with Gasteiger partial charge >= 0.3 is 0 Å². The van der Waals surface area contributed by atoms with Crippen LogP contribution in [0.25, 0.3) is 6.08 Å². The van der Waals surface area contributed by atoms with E-state index in [4.69, 9.17) is 0 Å². The number of nitrogens with zero attached hydrogens (tertiary/aromatic N) is 2. The summed E-state index contributed by atoms with van der Waals surface area (Å²) in [4.78, 5) is 29.3. The summed E-state index contributed by atoms with van der Waals surface area (Å²) in [6, 6.07) is 23.9. The van der Waals surface area contributed by atoms with Gasteiger partial charge in [0, 0.05) is 28.8 Å². The molecule has 3 aromatic rings. The van der Waals surface area contributed by atoms with Gasteiger partial charge in [-0.1, -0.05) is 58.4 Å². The molecule has 0 aromatic heterocycles. The molecule has 0 N–H and O–H groups in total. The highest BCUT2D eigenvalue weighted by atomic mass is 79.9. The summed E-state index contributed by atoms with van der Waals surface area (Å²) < 4.78 is 0.906. The SMILES string of the molecule is O=C1C/C(=C\c2ccccc2N2CCc3ccccc3C2)C(=O)N1c1ccc(Br)cc1. The Morgan fingerprint density at radius 1 is 0.839 bits per heavy atom. The van der Waals surface area contributed by atoms with Crippen molar-refractivity contribution in [2.45, 2.75) is 19.4 Å². The zero-order chi connectivity index (χ0) is 21.4. The Kier molecular flexibility index (Phi) is 5.20. The molecule has 2 aliphatic rings. The van der Waals surface area contributed by atoms with E-state index >= 15 is 0 Å². The smallest absolute Gasteiger partial charge is 0.261 e. The summed E-state index contributed by atoms with van der Waals surface area (Å²) in [6.45, 7) is 1.77. The molecular formula is C26H21BrN2O2. The third kappa shape index (κ3) is 3.81. The van der Waals surface area contributed by atoms with Crippen molar-refractivity contribution in [3.63, 3.8) is 0 Å². The Hall–Kier alpha value is -3.18. The number of carbonyl (C=O) groups is 2. The van der Waals surface area contributed by atoms with Crippen molar-refractivity contribution < 1.29 is 9.59 Å². The van der Waals surface area contributed by atoms with Crippen molar-refractivity contribution in [1.29, 1.82) is 0 Å². The Morgan fingerprint density at radius 2 is 1.55 bits per heavy atom. The second-order valence-electron chi connectivity index (χ2n) is 7.86. The van der Waals surface area contributed by atoms with Gasteiger partial charge in [0.2, 0.25) is 5.91 Å². The number of hydrogen-bond acceptors (Lipinski definition) is 3. The van der Waals surface area contributed by atoms with Crippen LogP contribution in [0.4, 0.5) is 11.4 Å². The fourth-order valence-corrected chi connectivity index (χ4v) is 4.59. The number of halogens is 1. The van der Waals surface area contributed by atoms with E-state index in [-0.39, 0.29) is 18.2 Å². The quantitative estimate of drug-likeness (QED) is 0.380. The summed E-state index contributed by atoms with van der Waals surface area (Å²) >= 11 is 3.39. The molecule has 31 heavy (non-hydrogen) atoms. The van der Waals surface area contributed by atoms with Crippen LogP contribution in [0.3, 0.4) is 0 Å². The number of imide groups is 1. The van der Waals surface area contributed by atoms with Crippen molar-refractivity contribution in [3.05, 3.63) is 99.5 Å². The third-order valence-electron chi connectivity index (χ3n) is 5.89. The first-order chi connectivity index (χ1) is 15.1. The molecule has 0 radical (unpaired) electrons. The average Bonchev–Trinajstić information content (AvgIpc) is 3.07. The molecule has 4 nitrogen and oxygen atoms in total. The van der Waals surface area contributed by atoms with E-state index in [1.54, 1.807) is 12.1 Å². The maximum atomic E-state index is 13.1. The highest BCUT2D eigenvalue weighted by molar-refractivity contribution is 9.10. The Labute approximate surface area is 189 Å². The number of carbonyl (C=O) groups excluding carboxylic acids is 2. The van der Waals surface area contributed by atoms with Gasteiger partial charge in [0.15, 0.2) is 0 Å². The third-order valence-corrected chi connectivity index (χ3v) is 6.42. The molecule has 0 unspecified atom stereocenters.